The van der Waals surface area contributed by atoms with Gasteiger partial charge in [0.2, 0.25) is 0 Å². The molecule has 2 rings (SSSR count). The predicted octanol–water partition coefficient (Wildman–Crippen LogP) is -0.0333. The van der Waals surface area contributed by atoms with E-state index in [1.165, 1.54) is 0 Å². The SMILES string of the molecule is CN(C1CS(=O)(=O)C[C@H]1O)[C@@H]1CCC[C@H]1F. The maximum Gasteiger partial charge on any atom is 0.154 e. The molecule has 0 spiro atoms. The lowest BCUT2D eigenvalue weighted by Gasteiger charge is -2.32. The largest absolute Gasteiger partial charge is 0.390 e. The summed E-state index contributed by atoms with van der Waals surface area (Å²) in [6.07, 6.45) is 0.375. The fourth-order valence-electron chi connectivity index (χ4n) is 2.80. The zero-order valence-electron chi connectivity index (χ0n) is 9.34. The van der Waals surface area contributed by atoms with Crippen LogP contribution < -0.4 is 0 Å². The van der Waals surface area contributed by atoms with Crippen LogP contribution in [0, 0.1) is 0 Å². The van der Waals surface area contributed by atoms with E-state index in [4.69, 9.17) is 0 Å². The van der Waals surface area contributed by atoms with Gasteiger partial charge in [0, 0.05) is 6.04 Å². The van der Waals surface area contributed by atoms with Gasteiger partial charge in [0.25, 0.3) is 0 Å². The van der Waals surface area contributed by atoms with Crippen LogP contribution in [0.3, 0.4) is 0 Å². The molecule has 16 heavy (non-hydrogen) atoms. The second kappa shape index (κ2) is 4.23. The fourth-order valence-corrected chi connectivity index (χ4v) is 4.66. The minimum absolute atomic E-state index is 0.0477. The van der Waals surface area contributed by atoms with E-state index in [0.29, 0.717) is 6.42 Å². The average molecular weight is 251 g/mol. The van der Waals surface area contributed by atoms with E-state index in [2.05, 4.69) is 0 Å². The highest BCUT2D eigenvalue weighted by atomic mass is 32.2. The van der Waals surface area contributed by atoms with Gasteiger partial charge in [0.1, 0.15) is 6.17 Å². The third kappa shape index (κ3) is 2.24. The van der Waals surface area contributed by atoms with Crippen LogP contribution in [0.2, 0.25) is 0 Å². The molecule has 0 aromatic rings. The highest BCUT2D eigenvalue weighted by Crippen LogP contribution is 2.29. The molecular formula is C10H18FNO3S. The van der Waals surface area contributed by atoms with Crippen LogP contribution in [0.1, 0.15) is 19.3 Å². The van der Waals surface area contributed by atoms with Gasteiger partial charge in [0.05, 0.1) is 23.7 Å². The fraction of sp³-hybridized carbons (Fsp3) is 1.00. The Morgan fingerprint density at radius 3 is 2.38 bits per heavy atom. The van der Waals surface area contributed by atoms with Gasteiger partial charge in [-0.05, 0) is 26.3 Å². The average Bonchev–Trinajstić information content (AvgIpc) is 2.69. The number of likely N-dealkylation sites (N-methyl/N-ethyl adjacent to an activating group) is 1. The van der Waals surface area contributed by atoms with Crippen LogP contribution in [-0.2, 0) is 9.84 Å². The summed E-state index contributed by atoms with van der Waals surface area (Å²) in [6, 6.07) is -0.667. The molecule has 4 nitrogen and oxygen atoms in total. The first-order valence-electron chi connectivity index (χ1n) is 5.65. The predicted molar refractivity (Wildman–Crippen MR) is 58.7 cm³/mol. The van der Waals surface area contributed by atoms with Gasteiger partial charge < -0.3 is 5.11 Å². The van der Waals surface area contributed by atoms with Crippen LogP contribution in [0.5, 0.6) is 0 Å². The van der Waals surface area contributed by atoms with Gasteiger partial charge in [-0.2, -0.15) is 0 Å². The molecule has 1 aliphatic carbocycles. The van der Waals surface area contributed by atoms with Gasteiger partial charge in [0.15, 0.2) is 9.84 Å². The minimum Gasteiger partial charge on any atom is -0.390 e. The normalized spacial score (nSPS) is 43.0. The number of aliphatic hydroxyl groups excluding tert-OH is 1. The van der Waals surface area contributed by atoms with Gasteiger partial charge in [-0.3, -0.25) is 4.90 Å². The summed E-state index contributed by atoms with van der Waals surface area (Å²) < 4.78 is 36.3. The van der Waals surface area contributed by atoms with Gasteiger partial charge in [-0.15, -0.1) is 0 Å². The number of halogens is 1. The summed E-state index contributed by atoms with van der Waals surface area (Å²) >= 11 is 0. The Labute approximate surface area is 95.4 Å². The quantitative estimate of drug-likeness (QED) is 0.748. The summed E-state index contributed by atoms with van der Waals surface area (Å²) in [5, 5.41) is 9.70. The molecular weight excluding hydrogens is 233 g/mol. The van der Waals surface area contributed by atoms with E-state index < -0.39 is 28.2 Å². The van der Waals surface area contributed by atoms with E-state index >= 15 is 0 Å². The van der Waals surface area contributed by atoms with Crippen molar-refractivity contribution < 1.29 is 17.9 Å². The van der Waals surface area contributed by atoms with Crippen LogP contribution >= 0.6 is 0 Å². The van der Waals surface area contributed by atoms with Crippen molar-refractivity contribution in [2.24, 2.45) is 0 Å². The molecule has 2 fully saturated rings. The molecule has 0 aromatic carbocycles. The Balaban J connectivity index is 2.07. The summed E-state index contributed by atoms with van der Waals surface area (Å²) in [5.74, 6) is -0.237. The molecule has 0 amide bonds. The van der Waals surface area contributed by atoms with E-state index in [1.54, 1.807) is 11.9 Å². The lowest BCUT2D eigenvalue weighted by Crippen LogP contribution is -2.48. The third-order valence-corrected chi connectivity index (χ3v) is 5.44. The molecule has 1 N–H and O–H groups in total. The molecule has 0 bridgehead atoms. The van der Waals surface area contributed by atoms with E-state index in [9.17, 15) is 17.9 Å². The molecule has 2 aliphatic rings. The first kappa shape index (κ1) is 12.3. The van der Waals surface area contributed by atoms with Crippen LogP contribution in [0.15, 0.2) is 0 Å². The Kier molecular flexibility index (Phi) is 3.25. The van der Waals surface area contributed by atoms with Crippen molar-refractivity contribution in [3.63, 3.8) is 0 Å². The smallest absolute Gasteiger partial charge is 0.154 e. The number of alkyl halides is 1. The molecule has 6 heteroatoms. The van der Waals surface area contributed by atoms with E-state index in [0.717, 1.165) is 12.8 Å². The topological polar surface area (TPSA) is 57.6 Å². The number of rotatable bonds is 2. The molecule has 1 unspecified atom stereocenters. The Hall–Kier alpha value is -0.200. The van der Waals surface area contributed by atoms with E-state index in [1.807, 2.05) is 0 Å². The van der Waals surface area contributed by atoms with Gasteiger partial charge in [-0.1, -0.05) is 0 Å². The van der Waals surface area contributed by atoms with Crippen LogP contribution in [0.25, 0.3) is 0 Å². The molecule has 94 valence electrons. The zero-order valence-corrected chi connectivity index (χ0v) is 10.2. The van der Waals surface area contributed by atoms with E-state index in [-0.39, 0.29) is 17.5 Å². The van der Waals surface area contributed by atoms with Crippen molar-refractivity contribution in [1.29, 1.82) is 0 Å². The van der Waals surface area contributed by atoms with Crippen LogP contribution in [0.4, 0.5) is 4.39 Å². The molecule has 1 aliphatic heterocycles. The van der Waals surface area contributed by atoms with Crippen molar-refractivity contribution in [2.45, 2.75) is 43.6 Å². The van der Waals surface area contributed by atoms with Crippen molar-refractivity contribution in [2.75, 3.05) is 18.6 Å². The zero-order chi connectivity index (χ0) is 11.9. The van der Waals surface area contributed by atoms with Crippen molar-refractivity contribution in [3.8, 4) is 0 Å². The number of sulfone groups is 1. The monoisotopic (exact) mass is 251 g/mol. The summed E-state index contributed by atoms with van der Waals surface area (Å²) in [5.41, 5.74) is 0. The maximum atomic E-state index is 13.5. The molecule has 1 saturated heterocycles. The highest BCUT2D eigenvalue weighted by Gasteiger charge is 2.43. The number of nitrogens with zero attached hydrogens (tertiary/aromatic N) is 1. The molecule has 4 atom stereocenters. The highest BCUT2D eigenvalue weighted by molar-refractivity contribution is 7.91. The van der Waals surface area contributed by atoms with Gasteiger partial charge in [-0.25, -0.2) is 12.8 Å². The van der Waals surface area contributed by atoms with Crippen molar-refractivity contribution in [1.82, 2.24) is 4.90 Å². The van der Waals surface area contributed by atoms with Crippen LogP contribution in [-0.4, -0.2) is 61.3 Å². The Morgan fingerprint density at radius 2 is 1.94 bits per heavy atom. The van der Waals surface area contributed by atoms with Gasteiger partial charge >= 0.3 is 0 Å². The Bertz CT molecular complexity index is 359. The summed E-state index contributed by atoms with van der Waals surface area (Å²) in [6.45, 7) is 0. The second-order valence-electron chi connectivity index (χ2n) is 4.89. The number of hydrogen-bond acceptors (Lipinski definition) is 4. The maximum absolute atomic E-state index is 13.5. The summed E-state index contributed by atoms with van der Waals surface area (Å²) in [7, 11) is -1.43. The first-order valence-corrected chi connectivity index (χ1v) is 7.47. The lowest BCUT2D eigenvalue weighted by molar-refractivity contribution is 0.0526. The first-order chi connectivity index (χ1) is 7.41. The molecule has 1 heterocycles. The number of hydrogen-bond donors (Lipinski definition) is 1. The third-order valence-electron chi connectivity index (χ3n) is 3.74. The Morgan fingerprint density at radius 1 is 1.25 bits per heavy atom. The molecule has 1 saturated carbocycles. The van der Waals surface area contributed by atoms with Crippen molar-refractivity contribution >= 4 is 9.84 Å². The minimum atomic E-state index is -3.15. The molecule has 0 radical (unpaired) electrons. The summed E-state index contributed by atoms with van der Waals surface area (Å²) in [4.78, 5) is 1.73. The number of aliphatic hydroxyl groups is 1. The molecule has 0 aromatic heterocycles. The standard InChI is InChI=1S/C10H18FNO3S/c1-12(8-4-2-3-7(8)11)9-5-16(14,15)6-10(9)13/h7-10,13H,2-6H2,1H3/t7-,8-,9?,10-/m1/s1. The second-order valence-corrected chi connectivity index (χ2v) is 7.05. The van der Waals surface area contributed by atoms with Crippen molar-refractivity contribution in [3.05, 3.63) is 0 Å². The lowest BCUT2D eigenvalue weighted by atomic mass is 10.1.